The average molecular weight is 202 g/mol. The number of fused-ring (bicyclic) bond motifs is 1. The molecule has 1 aliphatic carbocycles. The molecule has 0 fully saturated rings. The van der Waals surface area contributed by atoms with Crippen molar-refractivity contribution in [3.05, 3.63) is 34.9 Å². The molecule has 0 heteroatoms. The summed E-state index contributed by atoms with van der Waals surface area (Å²) in [6.45, 7) is 11.7. The van der Waals surface area contributed by atoms with Gasteiger partial charge in [0, 0.05) is 0 Å². The van der Waals surface area contributed by atoms with Gasteiger partial charge in [-0.25, -0.2) is 0 Å². The molecule has 0 radical (unpaired) electrons. The fourth-order valence-corrected chi connectivity index (χ4v) is 3.40. The van der Waals surface area contributed by atoms with Crippen LogP contribution in [0.3, 0.4) is 0 Å². The lowest BCUT2D eigenvalue weighted by molar-refractivity contribution is 0.231. The number of aryl methyl sites for hydroxylation is 1. The summed E-state index contributed by atoms with van der Waals surface area (Å²) in [5.74, 6) is 0. The maximum atomic E-state index is 2.39. The van der Waals surface area contributed by atoms with E-state index in [1.807, 2.05) is 0 Å². The molecule has 0 bridgehead atoms. The van der Waals surface area contributed by atoms with Gasteiger partial charge >= 0.3 is 0 Å². The topological polar surface area (TPSA) is 0 Å². The Morgan fingerprint density at radius 1 is 1.07 bits per heavy atom. The van der Waals surface area contributed by atoms with Crippen LogP contribution in [0.15, 0.2) is 18.2 Å². The van der Waals surface area contributed by atoms with Gasteiger partial charge < -0.3 is 0 Å². The summed E-state index contributed by atoms with van der Waals surface area (Å²) in [6.07, 6.45) is 2.52. The molecule has 0 amide bonds. The van der Waals surface area contributed by atoms with E-state index in [0.29, 0.717) is 10.8 Å². The third-order valence-corrected chi connectivity index (χ3v) is 3.58. The first-order valence-electron chi connectivity index (χ1n) is 5.90. The van der Waals surface area contributed by atoms with Gasteiger partial charge in [-0.3, -0.25) is 0 Å². The Morgan fingerprint density at radius 2 is 1.73 bits per heavy atom. The average Bonchev–Trinajstić information content (AvgIpc) is 1.97. The number of rotatable bonds is 0. The van der Waals surface area contributed by atoms with Crippen LogP contribution in [0.25, 0.3) is 0 Å². The molecule has 15 heavy (non-hydrogen) atoms. The van der Waals surface area contributed by atoms with Crippen molar-refractivity contribution >= 4 is 0 Å². The monoisotopic (exact) mass is 202 g/mol. The van der Waals surface area contributed by atoms with Crippen LogP contribution in [0.1, 0.15) is 50.8 Å². The zero-order valence-corrected chi connectivity index (χ0v) is 10.6. The zero-order valence-electron chi connectivity index (χ0n) is 10.6. The summed E-state index contributed by atoms with van der Waals surface area (Å²) < 4.78 is 0. The molecule has 0 saturated carbocycles. The second kappa shape index (κ2) is 3.10. The van der Waals surface area contributed by atoms with E-state index in [2.05, 4.69) is 52.8 Å². The maximum Gasteiger partial charge on any atom is -0.00956 e. The first-order valence-corrected chi connectivity index (χ1v) is 5.90. The van der Waals surface area contributed by atoms with Gasteiger partial charge in [0.1, 0.15) is 0 Å². The fraction of sp³-hybridized carbons (Fsp3) is 0.600. The Balaban J connectivity index is 2.55. The summed E-state index contributed by atoms with van der Waals surface area (Å²) in [5.41, 5.74) is 5.31. The van der Waals surface area contributed by atoms with E-state index in [1.54, 1.807) is 11.1 Å². The van der Waals surface area contributed by atoms with Crippen LogP contribution < -0.4 is 0 Å². The highest BCUT2D eigenvalue weighted by Crippen LogP contribution is 2.45. The Kier molecular flexibility index (Phi) is 2.22. The lowest BCUT2D eigenvalue weighted by Gasteiger charge is -2.42. The van der Waals surface area contributed by atoms with Gasteiger partial charge in [0.2, 0.25) is 0 Å². The highest BCUT2D eigenvalue weighted by atomic mass is 14.4. The third kappa shape index (κ3) is 1.95. The van der Waals surface area contributed by atoms with Crippen LogP contribution in [0.5, 0.6) is 0 Å². The SMILES string of the molecule is Cc1ccc2c(c1)CC(C)(C)CC2(C)C. The normalized spacial score (nSPS) is 22.2. The zero-order chi connectivity index (χ0) is 11.3. The molecule has 82 valence electrons. The largest absolute Gasteiger partial charge is 0.0596 e. The van der Waals surface area contributed by atoms with Crippen LogP contribution >= 0.6 is 0 Å². The molecule has 0 unspecified atom stereocenters. The maximum absolute atomic E-state index is 2.39. The summed E-state index contributed by atoms with van der Waals surface area (Å²) in [7, 11) is 0. The minimum Gasteiger partial charge on any atom is -0.0596 e. The molecule has 2 rings (SSSR count). The molecule has 1 aromatic rings. The van der Waals surface area contributed by atoms with Crippen LogP contribution in [-0.2, 0) is 11.8 Å². The van der Waals surface area contributed by atoms with Gasteiger partial charge in [0.05, 0.1) is 0 Å². The van der Waals surface area contributed by atoms with E-state index in [9.17, 15) is 0 Å². The molecule has 0 atom stereocenters. The Morgan fingerprint density at radius 3 is 2.40 bits per heavy atom. The standard InChI is InChI=1S/C15H22/c1-11-6-7-13-12(8-11)9-14(2,3)10-15(13,4)5/h6-8H,9-10H2,1-5H3. The van der Waals surface area contributed by atoms with Crippen molar-refractivity contribution in [1.82, 2.24) is 0 Å². The third-order valence-electron chi connectivity index (χ3n) is 3.58. The van der Waals surface area contributed by atoms with E-state index in [4.69, 9.17) is 0 Å². The molecule has 0 aromatic heterocycles. The number of hydrogen-bond acceptors (Lipinski definition) is 0. The lowest BCUT2D eigenvalue weighted by atomic mass is 9.62. The minimum absolute atomic E-state index is 0.338. The Bertz CT molecular complexity index is 383. The Labute approximate surface area is 93.7 Å². The second-order valence-corrected chi connectivity index (χ2v) is 6.56. The summed E-state index contributed by atoms with van der Waals surface area (Å²) in [4.78, 5) is 0. The van der Waals surface area contributed by atoms with Crippen molar-refractivity contribution < 1.29 is 0 Å². The van der Waals surface area contributed by atoms with Crippen molar-refractivity contribution in [2.24, 2.45) is 5.41 Å². The highest BCUT2D eigenvalue weighted by molar-refractivity contribution is 5.39. The highest BCUT2D eigenvalue weighted by Gasteiger charge is 2.36. The van der Waals surface area contributed by atoms with Crippen molar-refractivity contribution in [3.8, 4) is 0 Å². The lowest BCUT2D eigenvalue weighted by Crippen LogP contribution is -2.34. The summed E-state index contributed by atoms with van der Waals surface area (Å²) >= 11 is 0. The molecular weight excluding hydrogens is 180 g/mol. The van der Waals surface area contributed by atoms with Crippen LogP contribution in [0.4, 0.5) is 0 Å². The first kappa shape index (κ1) is 10.7. The first-order chi connectivity index (χ1) is 6.80. The van der Waals surface area contributed by atoms with E-state index in [-0.39, 0.29) is 0 Å². The Hall–Kier alpha value is -0.780. The molecular formula is C15H22. The van der Waals surface area contributed by atoms with Gasteiger partial charge in [-0.2, -0.15) is 0 Å². The molecule has 0 saturated heterocycles. The van der Waals surface area contributed by atoms with Crippen LogP contribution in [-0.4, -0.2) is 0 Å². The predicted molar refractivity (Wildman–Crippen MR) is 66.3 cm³/mol. The molecule has 1 aliphatic rings. The van der Waals surface area contributed by atoms with Crippen molar-refractivity contribution in [3.63, 3.8) is 0 Å². The summed E-state index contributed by atoms with van der Waals surface area (Å²) in [5, 5.41) is 0. The molecule has 0 nitrogen and oxygen atoms in total. The van der Waals surface area contributed by atoms with Crippen molar-refractivity contribution in [2.45, 2.75) is 52.9 Å². The van der Waals surface area contributed by atoms with E-state index < -0.39 is 0 Å². The molecule has 0 N–H and O–H groups in total. The fourth-order valence-electron chi connectivity index (χ4n) is 3.40. The predicted octanol–water partition coefficient (Wildman–Crippen LogP) is 4.25. The van der Waals surface area contributed by atoms with Crippen LogP contribution in [0, 0.1) is 12.3 Å². The molecule has 1 aromatic carbocycles. The number of hydrogen-bond donors (Lipinski definition) is 0. The van der Waals surface area contributed by atoms with Gasteiger partial charge in [0.25, 0.3) is 0 Å². The van der Waals surface area contributed by atoms with Gasteiger partial charge in [-0.05, 0) is 41.7 Å². The molecule has 0 heterocycles. The van der Waals surface area contributed by atoms with E-state index in [1.165, 1.54) is 18.4 Å². The molecule has 0 spiro atoms. The quantitative estimate of drug-likeness (QED) is 0.590. The van der Waals surface area contributed by atoms with E-state index >= 15 is 0 Å². The smallest absolute Gasteiger partial charge is 0.00956 e. The van der Waals surface area contributed by atoms with Gasteiger partial charge in [-0.15, -0.1) is 0 Å². The second-order valence-electron chi connectivity index (χ2n) is 6.56. The van der Waals surface area contributed by atoms with Crippen molar-refractivity contribution in [2.75, 3.05) is 0 Å². The van der Waals surface area contributed by atoms with Gasteiger partial charge in [0.15, 0.2) is 0 Å². The minimum atomic E-state index is 0.338. The van der Waals surface area contributed by atoms with E-state index in [0.717, 1.165) is 0 Å². The summed E-state index contributed by atoms with van der Waals surface area (Å²) in [6, 6.07) is 6.96. The molecule has 0 aliphatic heterocycles. The number of benzene rings is 1. The van der Waals surface area contributed by atoms with Gasteiger partial charge in [-0.1, -0.05) is 51.5 Å². The van der Waals surface area contributed by atoms with Crippen molar-refractivity contribution in [1.29, 1.82) is 0 Å². The van der Waals surface area contributed by atoms with Crippen LogP contribution in [0.2, 0.25) is 0 Å².